The summed E-state index contributed by atoms with van der Waals surface area (Å²) in [4.78, 5) is 28.7. The Morgan fingerprint density at radius 2 is 1.81 bits per heavy atom. The number of rotatable bonds is 8. The summed E-state index contributed by atoms with van der Waals surface area (Å²) in [6.45, 7) is 2.41. The fourth-order valence-electron chi connectivity index (χ4n) is 4.22. The normalized spacial score (nSPS) is 14.8. The van der Waals surface area contributed by atoms with Crippen molar-refractivity contribution < 1.29 is 9.59 Å². The summed E-state index contributed by atoms with van der Waals surface area (Å²) in [6, 6.07) is 17.3. The first-order chi connectivity index (χ1) is 15.6. The second-order valence-corrected chi connectivity index (χ2v) is 8.94. The van der Waals surface area contributed by atoms with Crippen LogP contribution in [0.15, 0.2) is 60.0 Å². The molecule has 7 heteroatoms. The lowest BCUT2D eigenvalue weighted by Crippen LogP contribution is -2.47. The fourth-order valence-corrected chi connectivity index (χ4v) is 4.65. The van der Waals surface area contributed by atoms with Gasteiger partial charge in [0.15, 0.2) is 5.69 Å². The number of carbonyl (C=O) groups is 2. The minimum absolute atomic E-state index is 0.134. The van der Waals surface area contributed by atoms with Crippen LogP contribution in [0.3, 0.4) is 0 Å². The summed E-state index contributed by atoms with van der Waals surface area (Å²) >= 11 is 1.13. The number of hydrogen-bond donors (Lipinski definition) is 1. The molecule has 0 unspecified atom stereocenters. The van der Waals surface area contributed by atoms with Gasteiger partial charge in [0, 0.05) is 18.0 Å². The molecule has 3 aromatic rings. The smallest absolute Gasteiger partial charge is 0.276 e. The Balaban J connectivity index is 1.67. The summed E-state index contributed by atoms with van der Waals surface area (Å²) in [6.07, 6.45) is 4.87. The highest BCUT2D eigenvalue weighted by atomic mass is 32.1. The SMILES string of the molecule is Cc1ccc([C@@H](C(=O)NC2CCCC2)N(CCc2ccccc2)C(=O)c2csnn2)cc1. The molecule has 32 heavy (non-hydrogen) atoms. The van der Waals surface area contributed by atoms with Crippen LogP contribution in [0.4, 0.5) is 0 Å². The molecule has 6 nitrogen and oxygen atoms in total. The van der Waals surface area contributed by atoms with Gasteiger partial charge in [-0.05, 0) is 48.8 Å². The summed E-state index contributed by atoms with van der Waals surface area (Å²) in [5.41, 5.74) is 3.29. The van der Waals surface area contributed by atoms with Crippen molar-refractivity contribution in [3.05, 3.63) is 82.4 Å². The van der Waals surface area contributed by atoms with Crippen molar-refractivity contribution in [1.29, 1.82) is 0 Å². The van der Waals surface area contributed by atoms with E-state index in [2.05, 4.69) is 14.9 Å². The van der Waals surface area contributed by atoms with Crippen molar-refractivity contribution in [3.63, 3.8) is 0 Å². The van der Waals surface area contributed by atoms with Gasteiger partial charge in [-0.3, -0.25) is 9.59 Å². The van der Waals surface area contributed by atoms with E-state index >= 15 is 0 Å². The minimum atomic E-state index is -0.728. The number of benzene rings is 2. The number of nitrogens with zero attached hydrogens (tertiary/aromatic N) is 3. The molecule has 0 spiro atoms. The van der Waals surface area contributed by atoms with E-state index in [1.165, 1.54) is 0 Å². The molecule has 1 aliphatic rings. The van der Waals surface area contributed by atoms with Gasteiger partial charge >= 0.3 is 0 Å². The average Bonchev–Trinajstić information content (AvgIpc) is 3.52. The average molecular weight is 449 g/mol. The highest BCUT2D eigenvalue weighted by Crippen LogP contribution is 2.26. The zero-order valence-electron chi connectivity index (χ0n) is 18.2. The third-order valence-corrected chi connectivity index (χ3v) is 6.48. The molecule has 1 fully saturated rings. The van der Waals surface area contributed by atoms with Crippen molar-refractivity contribution >= 4 is 23.3 Å². The second kappa shape index (κ2) is 10.5. The molecule has 1 atom stereocenters. The molecule has 0 saturated heterocycles. The Labute approximate surface area is 192 Å². The number of nitrogens with one attached hydrogen (secondary N) is 1. The van der Waals surface area contributed by atoms with Gasteiger partial charge < -0.3 is 10.2 Å². The van der Waals surface area contributed by atoms with E-state index in [9.17, 15) is 9.59 Å². The zero-order valence-corrected chi connectivity index (χ0v) is 19.1. The molecule has 4 rings (SSSR count). The van der Waals surface area contributed by atoms with Gasteiger partial charge in [0.2, 0.25) is 5.91 Å². The van der Waals surface area contributed by atoms with Gasteiger partial charge in [-0.1, -0.05) is 77.5 Å². The van der Waals surface area contributed by atoms with Gasteiger partial charge in [-0.15, -0.1) is 5.10 Å². The number of carbonyl (C=O) groups excluding carboxylic acids is 2. The molecular weight excluding hydrogens is 420 g/mol. The Morgan fingerprint density at radius 1 is 1.09 bits per heavy atom. The first-order valence-electron chi connectivity index (χ1n) is 11.1. The maximum atomic E-state index is 13.6. The Bertz CT molecular complexity index is 1020. The van der Waals surface area contributed by atoms with Gasteiger partial charge in [0.25, 0.3) is 5.91 Å². The van der Waals surface area contributed by atoms with Gasteiger partial charge in [-0.25, -0.2) is 0 Å². The van der Waals surface area contributed by atoms with E-state index < -0.39 is 6.04 Å². The molecule has 1 N–H and O–H groups in total. The van der Waals surface area contributed by atoms with Crippen molar-refractivity contribution in [3.8, 4) is 0 Å². The van der Waals surface area contributed by atoms with Gasteiger partial charge in [0.1, 0.15) is 6.04 Å². The minimum Gasteiger partial charge on any atom is -0.351 e. The topological polar surface area (TPSA) is 75.2 Å². The summed E-state index contributed by atoms with van der Waals surface area (Å²) in [5, 5.41) is 8.83. The van der Waals surface area contributed by atoms with E-state index in [4.69, 9.17) is 0 Å². The Kier molecular flexibility index (Phi) is 7.27. The van der Waals surface area contributed by atoms with E-state index in [0.717, 1.165) is 53.9 Å². The molecule has 0 radical (unpaired) electrons. The zero-order chi connectivity index (χ0) is 22.3. The predicted octanol–water partition coefficient (Wildman–Crippen LogP) is 4.33. The molecular formula is C25H28N4O2S. The van der Waals surface area contributed by atoms with Crippen LogP contribution in [-0.2, 0) is 11.2 Å². The monoisotopic (exact) mass is 448 g/mol. The Morgan fingerprint density at radius 3 is 2.47 bits per heavy atom. The van der Waals surface area contributed by atoms with Crippen molar-refractivity contribution in [2.24, 2.45) is 0 Å². The van der Waals surface area contributed by atoms with Crippen molar-refractivity contribution in [2.75, 3.05) is 6.54 Å². The molecule has 166 valence electrons. The molecule has 1 aliphatic carbocycles. The quantitative estimate of drug-likeness (QED) is 0.557. The molecule has 1 heterocycles. The van der Waals surface area contributed by atoms with Crippen LogP contribution < -0.4 is 5.32 Å². The number of aryl methyl sites for hydroxylation is 1. The standard InChI is InChI=1S/C25H28N4O2S/c1-18-11-13-20(14-12-18)23(24(30)26-21-9-5-6-10-21)29(25(31)22-17-32-28-27-22)16-15-19-7-3-2-4-8-19/h2-4,7-8,11-14,17,21,23H,5-6,9-10,15-16H2,1H3,(H,26,30)/t23-/m0/s1. The third kappa shape index (κ3) is 5.40. The van der Waals surface area contributed by atoms with E-state index in [1.54, 1.807) is 10.3 Å². The van der Waals surface area contributed by atoms with Crippen LogP contribution in [0.2, 0.25) is 0 Å². The molecule has 2 amide bonds. The first-order valence-corrected chi connectivity index (χ1v) is 11.9. The lowest BCUT2D eigenvalue weighted by atomic mass is 10.0. The highest BCUT2D eigenvalue weighted by Gasteiger charge is 2.34. The second-order valence-electron chi connectivity index (χ2n) is 8.33. The van der Waals surface area contributed by atoms with Crippen LogP contribution in [0, 0.1) is 6.92 Å². The molecule has 0 bridgehead atoms. The van der Waals surface area contributed by atoms with Crippen LogP contribution in [0.5, 0.6) is 0 Å². The number of hydrogen-bond acceptors (Lipinski definition) is 5. The van der Waals surface area contributed by atoms with Crippen LogP contribution in [0.1, 0.15) is 58.9 Å². The first kappa shape index (κ1) is 22.1. The molecule has 1 aromatic heterocycles. The van der Waals surface area contributed by atoms with Crippen molar-refractivity contribution in [2.45, 2.75) is 51.1 Å². The largest absolute Gasteiger partial charge is 0.351 e. The van der Waals surface area contributed by atoms with E-state index in [1.807, 2.05) is 61.5 Å². The highest BCUT2D eigenvalue weighted by molar-refractivity contribution is 7.03. The lowest BCUT2D eigenvalue weighted by Gasteiger charge is -2.32. The van der Waals surface area contributed by atoms with Crippen LogP contribution in [0.25, 0.3) is 0 Å². The maximum absolute atomic E-state index is 13.6. The van der Waals surface area contributed by atoms with Crippen LogP contribution >= 0.6 is 11.5 Å². The van der Waals surface area contributed by atoms with Gasteiger partial charge in [0.05, 0.1) is 0 Å². The Hall–Kier alpha value is -3.06. The van der Waals surface area contributed by atoms with Crippen LogP contribution in [-0.4, -0.2) is 38.9 Å². The summed E-state index contributed by atoms with van der Waals surface area (Å²) in [7, 11) is 0. The summed E-state index contributed by atoms with van der Waals surface area (Å²) < 4.78 is 3.86. The molecule has 0 aliphatic heterocycles. The summed E-state index contributed by atoms with van der Waals surface area (Å²) in [5.74, 6) is -0.410. The lowest BCUT2D eigenvalue weighted by molar-refractivity contribution is -0.126. The number of amides is 2. The third-order valence-electron chi connectivity index (χ3n) is 5.98. The predicted molar refractivity (Wildman–Crippen MR) is 125 cm³/mol. The molecule has 2 aromatic carbocycles. The fraction of sp³-hybridized carbons (Fsp3) is 0.360. The maximum Gasteiger partial charge on any atom is 0.276 e. The molecule has 1 saturated carbocycles. The van der Waals surface area contributed by atoms with E-state index in [-0.39, 0.29) is 23.6 Å². The van der Waals surface area contributed by atoms with Gasteiger partial charge in [-0.2, -0.15) is 0 Å². The van der Waals surface area contributed by atoms with E-state index in [0.29, 0.717) is 13.0 Å². The van der Waals surface area contributed by atoms with Crippen molar-refractivity contribution in [1.82, 2.24) is 19.8 Å². The number of aromatic nitrogens is 2.